The highest BCUT2D eigenvalue weighted by Gasteiger charge is 2.27. The number of carbonyl (C=O) groups is 2. The number of amides is 1. The fourth-order valence-corrected chi connectivity index (χ4v) is 4.71. The van der Waals surface area contributed by atoms with E-state index in [1.54, 1.807) is 67.6 Å². The van der Waals surface area contributed by atoms with E-state index in [-0.39, 0.29) is 23.9 Å². The monoisotopic (exact) mass is 594 g/mol. The number of carbonyl (C=O) groups excluding carboxylic acids is 2. The van der Waals surface area contributed by atoms with Crippen molar-refractivity contribution in [2.24, 2.45) is 0 Å². The third-order valence-corrected chi connectivity index (χ3v) is 7.08. The second-order valence-electron chi connectivity index (χ2n) is 7.56. The van der Waals surface area contributed by atoms with Crippen LogP contribution in [0.3, 0.4) is 0 Å². The molecule has 0 aliphatic rings. The molecule has 3 aromatic carbocycles. The fourth-order valence-electron chi connectivity index (χ4n) is 3.08. The number of sulfonamides is 1. The topological polar surface area (TPSA) is 111 Å². The van der Waals surface area contributed by atoms with Gasteiger partial charge in [-0.2, -0.15) is 4.72 Å². The van der Waals surface area contributed by atoms with Gasteiger partial charge in [-0.25, -0.2) is 8.42 Å². The quantitative estimate of drug-likeness (QED) is 0.314. The molecule has 8 nitrogen and oxygen atoms in total. The summed E-state index contributed by atoms with van der Waals surface area (Å²) in [5.74, 6) is -0.600. The molecule has 11 heteroatoms. The summed E-state index contributed by atoms with van der Waals surface area (Å²) in [5, 5.41) is 3.12. The van der Waals surface area contributed by atoms with E-state index in [0.29, 0.717) is 33.1 Å². The van der Waals surface area contributed by atoms with E-state index in [2.05, 4.69) is 26.0 Å². The first kappa shape index (κ1) is 27.7. The second-order valence-corrected chi connectivity index (χ2v) is 10.6. The molecule has 3 rings (SSSR count). The van der Waals surface area contributed by atoms with Crippen molar-refractivity contribution in [1.82, 2.24) is 4.72 Å². The zero-order valence-corrected chi connectivity index (χ0v) is 22.4. The first-order valence-electron chi connectivity index (χ1n) is 10.9. The Morgan fingerprint density at radius 2 is 1.72 bits per heavy atom. The molecule has 0 aliphatic heterocycles. The average Bonchev–Trinajstić information content (AvgIpc) is 2.83. The predicted molar refractivity (Wildman–Crippen MR) is 141 cm³/mol. The summed E-state index contributed by atoms with van der Waals surface area (Å²) in [6.07, 6.45) is 0.102. The summed E-state index contributed by atoms with van der Waals surface area (Å²) in [6, 6.07) is 17.9. The molecule has 0 aromatic heterocycles. The van der Waals surface area contributed by atoms with Crippen molar-refractivity contribution < 1.29 is 27.5 Å². The van der Waals surface area contributed by atoms with Crippen LogP contribution in [-0.2, 0) is 30.8 Å². The Kier molecular flexibility index (Phi) is 9.89. The molecule has 36 heavy (non-hydrogen) atoms. The lowest BCUT2D eigenvalue weighted by Gasteiger charge is -2.19. The second kappa shape index (κ2) is 12.9. The maximum Gasteiger partial charge on any atom is 0.310 e. The Hall–Kier alpha value is -2.92. The Balaban J connectivity index is 1.75. The van der Waals surface area contributed by atoms with Crippen LogP contribution in [0.5, 0.6) is 5.75 Å². The number of benzene rings is 3. The predicted octanol–water partition coefficient (Wildman–Crippen LogP) is 4.57. The molecule has 0 radical (unpaired) electrons. The van der Waals surface area contributed by atoms with E-state index in [0.717, 1.165) is 0 Å². The molecule has 0 unspecified atom stereocenters. The fraction of sp³-hybridized carbons (Fsp3) is 0.200. The number of esters is 1. The first-order chi connectivity index (χ1) is 17.2. The van der Waals surface area contributed by atoms with Gasteiger partial charge in [0.2, 0.25) is 15.9 Å². The van der Waals surface area contributed by atoms with Crippen LogP contribution in [-0.4, -0.2) is 39.5 Å². The van der Waals surface area contributed by atoms with Gasteiger partial charge in [0.25, 0.3) is 0 Å². The molecule has 0 fully saturated rings. The van der Waals surface area contributed by atoms with Crippen molar-refractivity contribution in [2.45, 2.75) is 24.3 Å². The molecule has 190 valence electrons. The summed E-state index contributed by atoms with van der Waals surface area (Å²) in [7, 11) is -4.04. The molecule has 0 heterocycles. The van der Waals surface area contributed by atoms with Gasteiger partial charge in [0.05, 0.1) is 17.9 Å². The summed E-state index contributed by atoms with van der Waals surface area (Å²) in [5.41, 5.74) is 1.13. The van der Waals surface area contributed by atoms with Crippen LogP contribution in [0, 0.1) is 0 Å². The Bertz CT molecular complexity index is 1300. The van der Waals surface area contributed by atoms with Crippen LogP contribution in [0.2, 0.25) is 5.02 Å². The maximum absolute atomic E-state index is 13.1. The molecule has 0 spiro atoms. The molecule has 0 bridgehead atoms. The lowest BCUT2D eigenvalue weighted by atomic mass is 10.1. The average molecular weight is 596 g/mol. The molecule has 1 amide bonds. The van der Waals surface area contributed by atoms with Gasteiger partial charge in [0, 0.05) is 15.2 Å². The molecular formula is C25H24BrClN2O6S. The third-order valence-electron chi connectivity index (χ3n) is 4.83. The minimum absolute atomic E-state index is 0.00502. The van der Waals surface area contributed by atoms with Crippen molar-refractivity contribution in [3.05, 3.63) is 87.9 Å². The van der Waals surface area contributed by atoms with Crippen LogP contribution >= 0.6 is 27.5 Å². The number of anilines is 1. The van der Waals surface area contributed by atoms with Gasteiger partial charge < -0.3 is 14.8 Å². The smallest absolute Gasteiger partial charge is 0.310 e. The van der Waals surface area contributed by atoms with Crippen LogP contribution in [0.25, 0.3) is 0 Å². The number of ether oxygens (including phenoxy) is 2. The molecule has 2 N–H and O–H groups in total. The van der Waals surface area contributed by atoms with Crippen molar-refractivity contribution in [1.29, 1.82) is 0 Å². The molecular weight excluding hydrogens is 572 g/mol. The lowest BCUT2D eigenvalue weighted by molar-refractivity contribution is -0.142. The Labute approximate surface area is 223 Å². The van der Waals surface area contributed by atoms with Crippen molar-refractivity contribution >= 4 is 55.1 Å². The molecule has 0 saturated heterocycles. The van der Waals surface area contributed by atoms with E-state index < -0.39 is 22.0 Å². The van der Waals surface area contributed by atoms with E-state index in [1.165, 1.54) is 12.1 Å². The maximum atomic E-state index is 13.1. The largest absolute Gasteiger partial charge is 0.491 e. The number of nitrogens with one attached hydrogen (secondary N) is 2. The van der Waals surface area contributed by atoms with Crippen LogP contribution < -0.4 is 14.8 Å². The minimum Gasteiger partial charge on any atom is -0.491 e. The molecule has 0 aliphatic carbocycles. The van der Waals surface area contributed by atoms with Gasteiger partial charge in [0.1, 0.15) is 18.4 Å². The number of rotatable bonds is 11. The summed E-state index contributed by atoms with van der Waals surface area (Å²) < 4.78 is 39.6. The summed E-state index contributed by atoms with van der Waals surface area (Å²) in [6.45, 7) is 1.73. The van der Waals surface area contributed by atoms with Crippen molar-refractivity contribution in [3.8, 4) is 5.75 Å². The summed E-state index contributed by atoms with van der Waals surface area (Å²) in [4.78, 5) is 24.7. The van der Waals surface area contributed by atoms with Gasteiger partial charge in [-0.3, -0.25) is 9.59 Å². The van der Waals surface area contributed by atoms with Crippen LogP contribution in [0.1, 0.15) is 12.5 Å². The van der Waals surface area contributed by atoms with Crippen molar-refractivity contribution in [2.75, 3.05) is 18.5 Å². The van der Waals surface area contributed by atoms with E-state index in [1.807, 2.05) is 0 Å². The van der Waals surface area contributed by atoms with Crippen molar-refractivity contribution in [3.63, 3.8) is 0 Å². The minimum atomic E-state index is -4.04. The SMILES string of the molecule is CCOC(=O)Cc1ccc(NC(=O)[C@H](COc2cccc(Cl)c2)NS(=O)(=O)c2ccc(Br)cc2)cc1. The van der Waals surface area contributed by atoms with Gasteiger partial charge in [-0.1, -0.05) is 45.7 Å². The third kappa shape index (κ3) is 8.34. The number of hydrogen-bond donors (Lipinski definition) is 2. The molecule has 1 atom stereocenters. The van der Waals surface area contributed by atoms with E-state index >= 15 is 0 Å². The van der Waals surface area contributed by atoms with E-state index in [4.69, 9.17) is 21.1 Å². The summed E-state index contributed by atoms with van der Waals surface area (Å²) >= 11 is 9.26. The van der Waals surface area contributed by atoms with E-state index in [9.17, 15) is 18.0 Å². The molecule has 0 saturated carbocycles. The Morgan fingerprint density at radius 1 is 1.03 bits per heavy atom. The van der Waals surface area contributed by atoms with Gasteiger partial charge in [-0.05, 0) is 67.1 Å². The van der Waals surface area contributed by atoms with Gasteiger partial charge in [-0.15, -0.1) is 0 Å². The number of hydrogen-bond acceptors (Lipinski definition) is 6. The highest BCUT2D eigenvalue weighted by Crippen LogP contribution is 2.19. The van der Waals surface area contributed by atoms with Gasteiger partial charge in [0.15, 0.2) is 0 Å². The number of halogens is 2. The van der Waals surface area contributed by atoms with Crippen LogP contribution in [0.4, 0.5) is 5.69 Å². The zero-order chi connectivity index (χ0) is 26.1. The normalized spacial score (nSPS) is 12.0. The standard InChI is InChI=1S/C25H24BrClN2O6S/c1-2-34-24(30)14-17-6-10-20(11-7-17)28-25(31)23(16-35-21-5-3-4-19(27)15-21)29-36(32,33)22-12-8-18(26)9-13-22/h3-13,15,23,29H,2,14,16H2,1H3,(H,28,31)/t23-/m0/s1. The highest BCUT2D eigenvalue weighted by atomic mass is 79.9. The van der Waals surface area contributed by atoms with Gasteiger partial charge >= 0.3 is 5.97 Å². The first-order valence-corrected chi connectivity index (χ1v) is 13.5. The molecule has 3 aromatic rings. The zero-order valence-electron chi connectivity index (χ0n) is 19.2. The highest BCUT2D eigenvalue weighted by molar-refractivity contribution is 9.10. The van der Waals surface area contributed by atoms with Crippen LogP contribution in [0.15, 0.2) is 82.2 Å². The Morgan fingerprint density at radius 3 is 2.36 bits per heavy atom. The lowest BCUT2D eigenvalue weighted by Crippen LogP contribution is -2.47.